The van der Waals surface area contributed by atoms with Crippen LogP contribution in [0.3, 0.4) is 0 Å². The van der Waals surface area contributed by atoms with Crippen LogP contribution in [0.5, 0.6) is 0 Å². The first-order valence-electron chi connectivity index (χ1n) is 6.61. The molecule has 2 rings (SSSR count). The molecule has 0 spiro atoms. The highest BCUT2D eigenvalue weighted by Gasteiger charge is 2.02. The van der Waals surface area contributed by atoms with E-state index in [0.717, 1.165) is 17.8 Å². The molecule has 2 aromatic rings. The fourth-order valence-electron chi connectivity index (χ4n) is 2.00. The number of anilines is 1. The highest BCUT2D eigenvalue weighted by atomic mass is 16.1. The van der Waals surface area contributed by atoms with Gasteiger partial charge in [-0.15, -0.1) is 0 Å². The molecule has 19 heavy (non-hydrogen) atoms. The van der Waals surface area contributed by atoms with Crippen molar-refractivity contribution >= 4 is 11.5 Å². The van der Waals surface area contributed by atoms with Crippen molar-refractivity contribution < 1.29 is 4.79 Å². The molecule has 98 valence electrons. The molecule has 0 aliphatic rings. The second-order valence-electron chi connectivity index (χ2n) is 4.70. The SMILES string of the molecule is CCC(=O)c1ccc(NCc2cccc(C)c2)cc1. The third kappa shape index (κ3) is 3.68. The van der Waals surface area contributed by atoms with E-state index in [9.17, 15) is 4.79 Å². The number of rotatable bonds is 5. The van der Waals surface area contributed by atoms with Crippen LogP contribution in [0, 0.1) is 6.92 Å². The summed E-state index contributed by atoms with van der Waals surface area (Å²) in [6.45, 7) is 4.77. The topological polar surface area (TPSA) is 29.1 Å². The molecule has 0 aromatic heterocycles. The van der Waals surface area contributed by atoms with E-state index in [4.69, 9.17) is 0 Å². The van der Waals surface area contributed by atoms with Gasteiger partial charge in [-0.2, -0.15) is 0 Å². The van der Waals surface area contributed by atoms with Gasteiger partial charge in [0.1, 0.15) is 0 Å². The third-order valence-electron chi connectivity index (χ3n) is 3.11. The van der Waals surface area contributed by atoms with Crippen LogP contribution >= 0.6 is 0 Å². The highest BCUT2D eigenvalue weighted by molar-refractivity contribution is 5.96. The minimum atomic E-state index is 0.185. The summed E-state index contributed by atoms with van der Waals surface area (Å²) in [6, 6.07) is 16.1. The number of Topliss-reactive ketones (excluding diaryl/α,β-unsaturated/α-hetero) is 1. The molecule has 0 saturated carbocycles. The summed E-state index contributed by atoms with van der Waals surface area (Å²) >= 11 is 0. The Morgan fingerprint density at radius 1 is 1.11 bits per heavy atom. The van der Waals surface area contributed by atoms with Crippen LogP contribution in [-0.2, 0) is 6.54 Å². The lowest BCUT2D eigenvalue weighted by Gasteiger charge is -2.08. The second-order valence-corrected chi connectivity index (χ2v) is 4.70. The molecular weight excluding hydrogens is 234 g/mol. The summed E-state index contributed by atoms with van der Waals surface area (Å²) in [4.78, 5) is 11.5. The van der Waals surface area contributed by atoms with Gasteiger partial charge in [0, 0.05) is 24.2 Å². The lowest BCUT2D eigenvalue weighted by atomic mass is 10.1. The molecule has 0 aliphatic heterocycles. The summed E-state index contributed by atoms with van der Waals surface area (Å²) in [7, 11) is 0. The van der Waals surface area contributed by atoms with E-state index in [1.165, 1.54) is 11.1 Å². The molecule has 0 atom stereocenters. The van der Waals surface area contributed by atoms with Gasteiger partial charge in [-0.3, -0.25) is 4.79 Å². The van der Waals surface area contributed by atoms with Crippen LogP contribution in [0.15, 0.2) is 48.5 Å². The number of hydrogen-bond donors (Lipinski definition) is 1. The van der Waals surface area contributed by atoms with Gasteiger partial charge in [0.2, 0.25) is 0 Å². The molecule has 0 radical (unpaired) electrons. The third-order valence-corrected chi connectivity index (χ3v) is 3.11. The quantitative estimate of drug-likeness (QED) is 0.809. The van der Waals surface area contributed by atoms with Gasteiger partial charge in [0.05, 0.1) is 0 Å². The Labute approximate surface area is 114 Å². The molecule has 0 aliphatic carbocycles. The minimum absolute atomic E-state index is 0.185. The van der Waals surface area contributed by atoms with Crippen LogP contribution in [-0.4, -0.2) is 5.78 Å². The van der Waals surface area contributed by atoms with Crippen molar-refractivity contribution in [2.75, 3.05) is 5.32 Å². The molecule has 2 nitrogen and oxygen atoms in total. The zero-order chi connectivity index (χ0) is 13.7. The summed E-state index contributed by atoms with van der Waals surface area (Å²) in [5.74, 6) is 0.185. The Bertz CT molecular complexity index is 558. The van der Waals surface area contributed by atoms with E-state index in [1.807, 2.05) is 31.2 Å². The first kappa shape index (κ1) is 13.3. The second kappa shape index (κ2) is 6.19. The zero-order valence-electron chi connectivity index (χ0n) is 11.4. The van der Waals surface area contributed by atoms with Crippen molar-refractivity contribution in [3.63, 3.8) is 0 Å². The monoisotopic (exact) mass is 253 g/mol. The number of nitrogens with one attached hydrogen (secondary N) is 1. The first-order valence-corrected chi connectivity index (χ1v) is 6.61. The fraction of sp³-hybridized carbons (Fsp3) is 0.235. The zero-order valence-corrected chi connectivity index (χ0v) is 11.4. The van der Waals surface area contributed by atoms with Crippen LogP contribution in [0.2, 0.25) is 0 Å². The molecule has 0 bridgehead atoms. The average molecular weight is 253 g/mol. The smallest absolute Gasteiger partial charge is 0.162 e. The van der Waals surface area contributed by atoms with Gasteiger partial charge in [-0.25, -0.2) is 0 Å². The summed E-state index contributed by atoms with van der Waals surface area (Å²) in [5, 5.41) is 3.36. The van der Waals surface area contributed by atoms with E-state index in [2.05, 4.69) is 36.5 Å². The van der Waals surface area contributed by atoms with Gasteiger partial charge in [-0.05, 0) is 36.8 Å². The van der Waals surface area contributed by atoms with Crippen LogP contribution < -0.4 is 5.32 Å². The van der Waals surface area contributed by atoms with Crippen molar-refractivity contribution in [1.82, 2.24) is 0 Å². The summed E-state index contributed by atoms with van der Waals surface area (Å²) in [6.07, 6.45) is 0.552. The molecular formula is C17H19NO. The predicted molar refractivity (Wildman–Crippen MR) is 79.6 cm³/mol. The first-order chi connectivity index (χ1) is 9.19. The van der Waals surface area contributed by atoms with E-state index in [1.54, 1.807) is 0 Å². The Balaban J connectivity index is 1.98. The van der Waals surface area contributed by atoms with Crippen molar-refractivity contribution in [2.45, 2.75) is 26.8 Å². The van der Waals surface area contributed by atoms with Crippen LogP contribution in [0.4, 0.5) is 5.69 Å². The molecule has 2 heteroatoms. The average Bonchev–Trinajstić information content (AvgIpc) is 2.45. The van der Waals surface area contributed by atoms with Crippen molar-refractivity contribution in [2.24, 2.45) is 0 Å². The van der Waals surface area contributed by atoms with Crippen molar-refractivity contribution in [3.8, 4) is 0 Å². The summed E-state index contributed by atoms with van der Waals surface area (Å²) in [5.41, 5.74) is 4.34. The maximum absolute atomic E-state index is 11.5. The highest BCUT2D eigenvalue weighted by Crippen LogP contribution is 2.13. The summed E-state index contributed by atoms with van der Waals surface area (Å²) < 4.78 is 0. The Hall–Kier alpha value is -2.09. The Morgan fingerprint density at radius 3 is 2.47 bits per heavy atom. The molecule has 0 unspecified atom stereocenters. The predicted octanol–water partition coefficient (Wildman–Crippen LogP) is 4.20. The molecule has 0 heterocycles. The molecule has 0 saturated heterocycles. The van der Waals surface area contributed by atoms with Gasteiger partial charge in [0.15, 0.2) is 5.78 Å². The van der Waals surface area contributed by atoms with E-state index in [0.29, 0.717) is 6.42 Å². The number of benzene rings is 2. The van der Waals surface area contributed by atoms with E-state index in [-0.39, 0.29) is 5.78 Å². The Morgan fingerprint density at radius 2 is 1.84 bits per heavy atom. The van der Waals surface area contributed by atoms with E-state index >= 15 is 0 Å². The number of ketones is 1. The van der Waals surface area contributed by atoms with Crippen LogP contribution in [0.25, 0.3) is 0 Å². The van der Waals surface area contributed by atoms with E-state index < -0.39 is 0 Å². The van der Waals surface area contributed by atoms with Crippen molar-refractivity contribution in [1.29, 1.82) is 0 Å². The number of carbonyl (C=O) groups excluding carboxylic acids is 1. The molecule has 2 aromatic carbocycles. The largest absolute Gasteiger partial charge is 0.381 e. The van der Waals surface area contributed by atoms with Crippen LogP contribution in [0.1, 0.15) is 34.8 Å². The van der Waals surface area contributed by atoms with Gasteiger partial charge in [-0.1, -0.05) is 36.8 Å². The lowest BCUT2D eigenvalue weighted by molar-refractivity contribution is 0.0988. The molecule has 1 N–H and O–H groups in total. The Kier molecular flexibility index (Phi) is 4.35. The van der Waals surface area contributed by atoms with Gasteiger partial charge < -0.3 is 5.32 Å². The fourth-order valence-corrected chi connectivity index (χ4v) is 2.00. The van der Waals surface area contributed by atoms with Crippen molar-refractivity contribution in [3.05, 3.63) is 65.2 Å². The van der Waals surface area contributed by atoms with Gasteiger partial charge >= 0.3 is 0 Å². The van der Waals surface area contributed by atoms with Gasteiger partial charge in [0.25, 0.3) is 0 Å². The lowest BCUT2D eigenvalue weighted by Crippen LogP contribution is -2.01. The standard InChI is InChI=1S/C17H19NO/c1-3-17(19)15-7-9-16(10-8-15)18-12-14-6-4-5-13(2)11-14/h4-11,18H,3,12H2,1-2H3. The maximum atomic E-state index is 11.5. The normalized spacial score (nSPS) is 10.2. The minimum Gasteiger partial charge on any atom is -0.381 e. The number of aryl methyl sites for hydroxylation is 1. The maximum Gasteiger partial charge on any atom is 0.162 e. The number of hydrogen-bond acceptors (Lipinski definition) is 2. The molecule has 0 fully saturated rings. The molecule has 0 amide bonds. The number of carbonyl (C=O) groups is 1.